The fourth-order valence-corrected chi connectivity index (χ4v) is 3.59. The number of halogens is 1. The Morgan fingerprint density at radius 2 is 2.15 bits per heavy atom. The summed E-state index contributed by atoms with van der Waals surface area (Å²) in [6.45, 7) is 6.90. The van der Waals surface area contributed by atoms with E-state index in [9.17, 15) is 9.18 Å². The van der Waals surface area contributed by atoms with Gasteiger partial charge in [-0.2, -0.15) is 5.10 Å². The van der Waals surface area contributed by atoms with Crippen LogP contribution in [-0.2, 0) is 13.1 Å². The molecule has 1 aromatic carbocycles. The van der Waals surface area contributed by atoms with Crippen LogP contribution < -0.4 is 0 Å². The summed E-state index contributed by atoms with van der Waals surface area (Å²) < 4.78 is 20.6. The molecule has 0 atom stereocenters. The molecule has 0 spiro atoms. The van der Waals surface area contributed by atoms with Crippen molar-refractivity contribution in [3.63, 3.8) is 0 Å². The zero-order valence-electron chi connectivity index (χ0n) is 15.4. The van der Waals surface area contributed by atoms with Crippen LogP contribution in [0.5, 0.6) is 0 Å². The van der Waals surface area contributed by atoms with Crippen LogP contribution in [0.3, 0.4) is 0 Å². The highest BCUT2D eigenvalue weighted by atomic mass is 19.1. The molecule has 0 radical (unpaired) electrons. The van der Waals surface area contributed by atoms with Crippen LogP contribution in [0.2, 0.25) is 0 Å². The molecule has 1 aliphatic heterocycles. The van der Waals surface area contributed by atoms with E-state index in [0.29, 0.717) is 29.6 Å². The highest BCUT2D eigenvalue weighted by Crippen LogP contribution is 2.24. The first-order valence-corrected chi connectivity index (χ1v) is 9.34. The van der Waals surface area contributed by atoms with Gasteiger partial charge in [0.2, 0.25) is 0 Å². The quantitative estimate of drug-likeness (QED) is 0.708. The average Bonchev–Trinajstić information content (AvgIpc) is 3.22. The second kappa shape index (κ2) is 7.52. The molecule has 4 rings (SSSR count). The summed E-state index contributed by atoms with van der Waals surface area (Å²) in [5.41, 5.74) is 2.10. The van der Waals surface area contributed by atoms with Gasteiger partial charge in [0.15, 0.2) is 0 Å². The number of carbonyl (C=O) groups is 1. The number of furan rings is 1. The summed E-state index contributed by atoms with van der Waals surface area (Å²) in [5, 5.41) is 4.99. The average molecular weight is 370 g/mol. The van der Waals surface area contributed by atoms with Crippen LogP contribution in [0.1, 0.15) is 29.3 Å². The first-order chi connectivity index (χ1) is 13.1. The minimum absolute atomic E-state index is 0.0546. The Kier molecular flexibility index (Phi) is 4.94. The van der Waals surface area contributed by atoms with Gasteiger partial charge in [0, 0.05) is 62.5 Å². The van der Waals surface area contributed by atoms with E-state index in [1.807, 2.05) is 15.8 Å². The Morgan fingerprint density at radius 1 is 1.26 bits per heavy atom. The van der Waals surface area contributed by atoms with Crippen molar-refractivity contribution in [1.82, 2.24) is 19.6 Å². The van der Waals surface area contributed by atoms with Gasteiger partial charge in [-0.3, -0.25) is 14.4 Å². The Hall–Kier alpha value is -2.67. The standard InChI is InChI=1S/C20H23FN4O2/c1-2-25-13-15(11-22-25)12-23-6-3-7-24(9-8-23)20(26)18-14-27-19-10-16(21)4-5-17(18)19/h4-5,10-11,13-14H,2-3,6-9,12H2,1H3. The number of benzene rings is 1. The minimum Gasteiger partial charge on any atom is -0.463 e. The lowest BCUT2D eigenvalue weighted by Crippen LogP contribution is -2.35. The molecule has 6 nitrogen and oxygen atoms in total. The van der Waals surface area contributed by atoms with Crippen molar-refractivity contribution >= 4 is 16.9 Å². The molecule has 2 aromatic heterocycles. The maximum atomic E-state index is 13.3. The predicted molar refractivity (Wildman–Crippen MR) is 99.9 cm³/mol. The van der Waals surface area contributed by atoms with E-state index >= 15 is 0 Å². The number of hydrogen-bond acceptors (Lipinski definition) is 4. The summed E-state index contributed by atoms with van der Waals surface area (Å²) in [6, 6.07) is 4.28. The summed E-state index contributed by atoms with van der Waals surface area (Å²) in [4.78, 5) is 17.2. The molecule has 27 heavy (non-hydrogen) atoms. The molecule has 0 aliphatic carbocycles. The Balaban J connectivity index is 1.43. The molecular weight excluding hydrogens is 347 g/mol. The lowest BCUT2D eigenvalue weighted by atomic mass is 10.1. The maximum absolute atomic E-state index is 13.3. The third kappa shape index (κ3) is 3.73. The molecular formula is C20H23FN4O2. The number of nitrogens with zero attached hydrogens (tertiary/aromatic N) is 4. The van der Waals surface area contributed by atoms with E-state index in [1.165, 1.54) is 24.0 Å². The predicted octanol–water partition coefficient (Wildman–Crippen LogP) is 3.14. The van der Waals surface area contributed by atoms with Crippen LogP contribution in [0.15, 0.2) is 41.3 Å². The Bertz CT molecular complexity index is 949. The first-order valence-electron chi connectivity index (χ1n) is 9.34. The monoisotopic (exact) mass is 370 g/mol. The van der Waals surface area contributed by atoms with E-state index in [2.05, 4.69) is 23.1 Å². The zero-order valence-corrected chi connectivity index (χ0v) is 15.4. The molecule has 142 valence electrons. The van der Waals surface area contributed by atoms with E-state index < -0.39 is 0 Å². The van der Waals surface area contributed by atoms with Gasteiger partial charge in [0.25, 0.3) is 5.91 Å². The van der Waals surface area contributed by atoms with Gasteiger partial charge in [-0.1, -0.05) is 0 Å². The highest BCUT2D eigenvalue weighted by molar-refractivity contribution is 6.05. The SMILES string of the molecule is CCn1cc(CN2CCCN(C(=O)c3coc4cc(F)ccc34)CC2)cn1. The number of amides is 1. The lowest BCUT2D eigenvalue weighted by Gasteiger charge is -2.21. The van der Waals surface area contributed by atoms with Crippen LogP contribution in [0.4, 0.5) is 4.39 Å². The van der Waals surface area contributed by atoms with Gasteiger partial charge in [0.05, 0.1) is 11.8 Å². The summed E-state index contributed by atoms with van der Waals surface area (Å²) in [6.07, 6.45) is 6.34. The van der Waals surface area contributed by atoms with Crippen molar-refractivity contribution in [1.29, 1.82) is 0 Å². The number of aromatic nitrogens is 2. The summed E-state index contributed by atoms with van der Waals surface area (Å²) >= 11 is 0. The van der Waals surface area contributed by atoms with Gasteiger partial charge in [-0.05, 0) is 25.5 Å². The molecule has 1 aliphatic rings. The molecule has 3 heterocycles. The number of fused-ring (bicyclic) bond motifs is 1. The van der Waals surface area contributed by atoms with Gasteiger partial charge < -0.3 is 9.32 Å². The topological polar surface area (TPSA) is 54.5 Å². The number of carbonyl (C=O) groups excluding carboxylic acids is 1. The molecule has 0 unspecified atom stereocenters. The second-order valence-corrected chi connectivity index (χ2v) is 6.92. The Labute approximate surface area is 157 Å². The molecule has 1 fully saturated rings. The third-order valence-corrected chi connectivity index (χ3v) is 5.06. The Morgan fingerprint density at radius 3 is 2.96 bits per heavy atom. The van der Waals surface area contributed by atoms with Crippen molar-refractivity contribution in [2.24, 2.45) is 0 Å². The lowest BCUT2D eigenvalue weighted by molar-refractivity contribution is 0.0762. The molecule has 7 heteroatoms. The van der Waals surface area contributed by atoms with Gasteiger partial charge in [-0.25, -0.2) is 4.39 Å². The molecule has 0 bridgehead atoms. The minimum atomic E-state index is -0.368. The smallest absolute Gasteiger partial charge is 0.257 e. The molecule has 1 saturated heterocycles. The van der Waals surface area contributed by atoms with Gasteiger partial charge in [-0.15, -0.1) is 0 Å². The second-order valence-electron chi connectivity index (χ2n) is 6.92. The summed E-state index contributed by atoms with van der Waals surface area (Å²) in [5.74, 6) is -0.423. The highest BCUT2D eigenvalue weighted by Gasteiger charge is 2.23. The van der Waals surface area contributed by atoms with Crippen molar-refractivity contribution < 1.29 is 13.6 Å². The largest absolute Gasteiger partial charge is 0.463 e. The molecule has 0 N–H and O–H groups in total. The maximum Gasteiger partial charge on any atom is 0.257 e. The van der Waals surface area contributed by atoms with Crippen molar-refractivity contribution in [2.45, 2.75) is 26.4 Å². The zero-order chi connectivity index (χ0) is 18.8. The first kappa shape index (κ1) is 17.7. The fraction of sp³-hybridized carbons (Fsp3) is 0.400. The van der Waals surface area contributed by atoms with E-state index in [4.69, 9.17) is 4.42 Å². The van der Waals surface area contributed by atoms with E-state index in [0.717, 1.165) is 32.6 Å². The summed E-state index contributed by atoms with van der Waals surface area (Å²) in [7, 11) is 0. The van der Waals surface area contributed by atoms with Crippen LogP contribution in [0, 0.1) is 5.82 Å². The number of rotatable bonds is 4. The van der Waals surface area contributed by atoms with E-state index in [1.54, 1.807) is 6.07 Å². The molecule has 3 aromatic rings. The molecule has 0 saturated carbocycles. The van der Waals surface area contributed by atoms with Crippen molar-refractivity contribution in [3.05, 3.63) is 53.8 Å². The van der Waals surface area contributed by atoms with Gasteiger partial charge >= 0.3 is 0 Å². The number of aryl methyl sites for hydroxylation is 1. The molecule has 1 amide bonds. The van der Waals surface area contributed by atoms with E-state index in [-0.39, 0.29) is 11.7 Å². The van der Waals surface area contributed by atoms with Crippen LogP contribution >= 0.6 is 0 Å². The van der Waals surface area contributed by atoms with Gasteiger partial charge in [0.1, 0.15) is 17.7 Å². The fourth-order valence-electron chi connectivity index (χ4n) is 3.59. The van der Waals surface area contributed by atoms with Crippen LogP contribution in [0.25, 0.3) is 11.0 Å². The number of hydrogen-bond donors (Lipinski definition) is 0. The third-order valence-electron chi connectivity index (χ3n) is 5.06. The normalized spacial score (nSPS) is 16.0. The van der Waals surface area contributed by atoms with Crippen LogP contribution in [-0.4, -0.2) is 51.7 Å². The van der Waals surface area contributed by atoms with Crippen molar-refractivity contribution in [3.8, 4) is 0 Å². The van der Waals surface area contributed by atoms with Crippen molar-refractivity contribution in [2.75, 3.05) is 26.2 Å².